The largest absolute Gasteiger partial charge is 0.352 e. The van der Waals surface area contributed by atoms with Gasteiger partial charge in [0.05, 0.1) is 6.54 Å². The van der Waals surface area contributed by atoms with Crippen molar-refractivity contribution in [2.24, 2.45) is 5.92 Å². The lowest BCUT2D eigenvalue weighted by molar-refractivity contribution is -0.121. The number of hydrogen-bond acceptors (Lipinski definition) is 2. The minimum Gasteiger partial charge on any atom is -0.352 e. The lowest BCUT2D eigenvalue weighted by Crippen LogP contribution is -2.42. The van der Waals surface area contributed by atoms with Crippen LogP contribution < -0.4 is 10.6 Å². The summed E-state index contributed by atoms with van der Waals surface area (Å²) in [4.78, 5) is 11.7. The molecular weight excluding hydrogens is 212 g/mol. The number of rotatable bonds is 9. The predicted molar refractivity (Wildman–Crippen MR) is 74.0 cm³/mol. The van der Waals surface area contributed by atoms with Crippen molar-refractivity contribution in [3.05, 3.63) is 0 Å². The fourth-order valence-corrected chi connectivity index (χ4v) is 1.89. The molecule has 3 heteroatoms. The summed E-state index contributed by atoms with van der Waals surface area (Å²) in [7, 11) is 0. The summed E-state index contributed by atoms with van der Waals surface area (Å²) in [6.07, 6.45) is 4.34. The van der Waals surface area contributed by atoms with E-state index in [-0.39, 0.29) is 5.91 Å². The van der Waals surface area contributed by atoms with Crippen LogP contribution in [0, 0.1) is 5.92 Å². The van der Waals surface area contributed by atoms with Gasteiger partial charge in [-0.15, -0.1) is 0 Å². The molecule has 0 fully saturated rings. The molecule has 102 valence electrons. The predicted octanol–water partition coefficient (Wildman–Crippen LogP) is 2.71. The quantitative estimate of drug-likeness (QED) is 0.653. The van der Waals surface area contributed by atoms with E-state index in [9.17, 15) is 4.79 Å². The van der Waals surface area contributed by atoms with Crippen LogP contribution in [0.1, 0.15) is 60.3 Å². The van der Waals surface area contributed by atoms with E-state index in [2.05, 4.69) is 45.3 Å². The maximum absolute atomic E-state index is 11.7. The van der Waals surface area contributed by atoms with E-state index >= 15 is 0 Å². The molecule has 0 aromatic carbocycles. The molecule has 0 saturated carbocycles. The van der Waals surface area contributed by atoms with Gasteiger partial charge in [0.2, 0.25) is 5.91 Å². The zero-order valence-electron chi connectivity index (χ0n) is 12.2. The number of hydrogen-bond donors (Lipinski definition) is 2. The summed E-state index contributed by atoms with van der Waals surface area (Å²) < 4.78 is 0. The Labute approximate surface area is 107 Å². The van der Waals surface area contributed by atoms with Crippen molar-refractivity contribution in [3.8, 4) is 0 Å². The first-order valence-corrected chi connectivity index (χ1v) is 7.06. The van der Waals surface area contributed by atoms with Crippen molar-refractivity contribution in [3.63, 3.8) is 0 Å². The van der Waals surface area contributed by atoms with Crippen molar-refractivity contribution in [1.29, 1.82) is 0 Å². The van der Waals surface area contributed by atoms with Gasteiger partial charge in [-0.2, -0.15) is 0 Å². The first-order chi connectivity index (χ1) is 8.03. The van der Waals surface area contributed by atoms with Crippen LogP contribution in [0.2, 0.25) is 0 Å². The SMILES string of the molecule is CCC(C)CC(C)NCC(=O)NC(CC)CC. The Balaban J connectivity index is 3.75. The highest BCUT2D eigenvalue weighted by Gasteiger charge is 2.11. The van der Waals surface area contributed by atoms with Gasteiger partial charge in [0.1, 0.15) is 0 Å². The summed E-state index contributed by atoms with van der Waals surface area (Å²) in [5.41, 5.74) is 0. The second-order valence-corrected chi connectivity index (χ2v) is 5.11. The number of nitrogens with one attached hydrogen (secondary N) is 2. The lowest BCUT2D eigenvalue weighted by atomic mass is 10.0. The number of carbonyl (C=O) groups excluding carboxylic acids is 1. The van der Waals surface area contributed by atoms with Gasteiger partial charge < -0.3 is 10.6 Å². The van der Waals surface area contributed by atoms with Crippen LogP contribution in [-0.2, 0) is 4.79 Å². The van der Waals surface area contributed by atoms with Crippen molar-refractivity contribution >= 4 is 5.91 Å². The molecule has 1 amide bonds. The second kappa shape index (κ2) is 9.46. The molecule has 0 radical (unpaired) electrons. The van der Waals surface area contributed by atoms with E-state index in [0.717, 1.165) is 25.2 Å². The van der Waals surface area contributed by atoms with Gasteiger partial charge in [-0.3, -0.25) is 4.79 Å². The molecule has 2 unspecified atom stereocenters. The minimum atomic E-state index is 0.120. The highest BCUT2D eigenvalue weighted by Crippen LogP contribution is 2.08. The molecule has 2 N–H and O–H groups in total. The Hall–Kier alpha value is -0.570. The third-order valence-corrected chi connectivity index (χ3v) is 3.41. The van der Waals surface area contributed by atoms with E-state index in [1.807, 2.05) is 0 Å². The van der Waals surface area contributed by atoms with Gasteiger partial charge in [0.15, 0.2) is 0 Å². The lowest BCUT2D eigenvalue weighted by Gasteiger charge is -2.19. The standard InChI is InChI=1S/C14H30N2O/c1-6-11(4)9-12(5)15-10-14(17)16-13(7-2)8-3/h11-13,15H,6-10H2,1-5H3,(H,16,17). The number of carbonyl (C=O) groups is 1. The summed E-state index contributed by atoms with van der Waals surface area (Å²) in [5, 5.41) is 6.33. The summed E-state index contributed by atoms with van der Waals surface area (Å²) in [6, 6.07) is 0.742. The third-order valence-electron chi connectivity index (χ3n) is 3.41. The van der Waals surface area contributed by atoms with Gasteiger partial charge in [-0.25, -0.2) is 0 Å². The zero-order chi connectivity index (χ0) is 13.3. The van der Waals surface area contributed by atoms with E-state index in [4.69, 9.17) is 0 Å². The molecule has 0 rings (SSSR count). The van der Waals surface area contributed by atoms with Gasteiger partial charge in [-0.05, 0) is 32.1 Å². The minimum absolute atomic E-state index is 0.120. The normalized spacial score (nSPS) is 14.7. The van der Waals surface area contributed by atoms with Crippen LogP contribution >= 0.6 is 0 Å². The van der Waals surface area contributed by atoms with Crippen molar-refractivity contribution in [1.82, 2.24) is 10.6 Å². The molecule has 3 nitrogen and oxygen atoms in total. The fraction of sp³-hybridized carbons (Fsp3) is 0.929. The summed E-state index contributed by atoms with van der Waals surface area (Å²) in [5.74, 6) is 0.842. The maximum atomic E-state index is 11.7. The Bertz CT molecular complexity index is 202. The van der Waals surface area contributed by atoms with Crippen LogP contribution in [-0.4, -0.2) is 24.5 Å². The Morgan fingerprint density at radius 1 is 1.06 bits per heavy atom. The molecule has 0 aliphatic heterocycles. The van der Waals surface area contributed by atoms with E-state index in [0.29, 0.717) is 18.6 Å². The van der Waals surface area contributed by atoms with Gasteiger partial charge in [0, 0.05) is 12.1 Å². The third kappa shape index (κ3) is 8.19. The average molecular weight is 242 g/mol. The summed E-state index contributed by atoms with van der Waals surface area (Å²) in [6.45, 7) is 11.3. The molecule has 0 saturated heterocycles. The van der Waals surface area contributed by atoms with Crippen LogP contribution in [0.15, 0.2) is 0 Å². The van der Waals surface area contributed by atoms with Crippen LogP contribution in [0.3, 0.4) is 0 Å². The molecule has 0 bridgehead atoms. The summed E-state index contributed by atoms with van der Waals surface area (Å²) >= 11 is 0. The molecule has 17 heavy (non-hydrogen) atoms. The molecule has 0 aliphatic rings. The van der Waals surface area contributed by atoms with Crippen LogP contribution in [0.25, 0.3) is 0 Å². The molecule has 0 aromatic rings. The fourth-order valence-electron chi connectivity index (χ4n) is 1.89. The van der Waals surface area contributed by atoms with Crippen molar-refractivity contribution < 1.29 is 4.79 Å². The second-order valence-electron chi connectivity index (χ2n) is 5.11. The molecule has 0 aliphatic carbocycles. The van der Waals surface area contributed by atoms with Crippen LogP contribution in [0.4, 0.5) is 0 Å². The average Bonchev–Trinajstić information content (AvgIpc) is 2.33. The first-order valence-electron chi connectivity index (χ1n) is 7.06. The zero-order valence-corrected chi connectivity index (χ0v) is 12.2. The van der Waals surface area contributed by atoms with Gasteiger partial charge in [0.25, 0.3) is 0 Å². The van der Waals surface area contributed by atoms with Crippen molar-refractivity contribution in [2.75, 3.05) is 6.54 Å². The molecular formula is C14H30N2O. The van der Waals surface area contributed by atoms with E-state index in [1.54, 1.807) is 0 Å². The molecule has 0 spiro atoms. The monoisotopic (exact) mass is 242 g/mol. The smallest absolute Gasteiger partial charge is 0.234 e. The Morgan fingerprint density at radius 3 is 2.12 bits per heavy atom. The van der Waals surface area contributed by atoms with Crippen LogP contribution in [0.5, 0.6) is 0 Å². The van der Waals surface area contributed by atoms with Crippen molar-refractivity contribution in [2.45, 2.75) is 72.4 Å². The Morgan fingerprint density at radius 2 is 1.65 bits per heavy atom. The van der Waals surface area contributed by atoms with Gasteiger partial charge >= 0.3 is 0 Å². The maximum Gasteiger partial charge on any atom is 0.234 e. The van der Waals surface area contributed by atoms with E-state index < -0.39 is 0 Å². The first kappa shape index (κ1) is 16.4. The topological polar surface area (TPSA) is 41.1 Å². The number of amides is 1. The Kier molecular flexibility index (Phi) is 9.14. The van der Waals surface area contributed by atoms with Gasteiger partial charge in [-0.1, -0.05) is 34.1 Å². The molecule has 0 heterocycles. The highest BCUT2D eigenvalue weighted by atomic mass is 16.1. The highest BCUT2D eigenvalue weighted by molar-refractivity contribution is 5.78. The molecule has 0 aromatic heterocycles. The molecule has 2 atom stereocenters. The van der Waals surface area contributed by atoms with E-state index in [1.165, 1.54) is 6.42 Å².